The predicted molar refractivity (Wildman–Crippen MR) is 144 cm³/mol. The van der Waals surface area contributed by atoms with Crippen LogP contribution in [0, 0.1) is 10.5 Å². The summed E-state index contributed by atoms with van der Waals surface area (Å²) in [7, 11) is 0. The Morgan fingerprint density at radius 1 is 0.939 bits per heavy atom. The fourth-order valence-corrected chi connectivity index (χ4v) is 5.24. The van der Waals surface area contributed by atoms with Crippen LogP contribution in [0.4, 0.5) is 11.4 Å². The van der Waals surface area contributed by atoms with Gasteiger partial charge in [-0.15, -0.1) is 0 Å². The number of thioether (sulfide) groups is 1. The van der Waals surface area contributed by atoms with Crippen LogP contribution in [-0.2, 0) is 16.0 Å². The van der Waals surface area contributed by atoms with Crippen LogP contribution in [-0.4, -0.2) is 11.8 Å². The van der Waals surface area contributed by atoms with Crippen LogP contribution in [0.5, 0.6) is 0 Å². The van der Waals surface area contributed by atoms with Crippen molar-refractivity contribution in [1.82, 2.24) is 0 Å². The number of rotatable bonds is 8. The topological polar surface area (TPSA) is 49.4 Å². The monoisotopic (exact) mass is 568 g/mol. The second kappa shape index (κ2) is 10.6. The highest BCUT2D eigenvalue weighted by Crippen LogP contribution is 2.38. The largest absolute Gasteiger partial charge is 0.350 e. The number of unbranched alkanes of at least 4 members (excludes halogenated alkanes) is 1. The number of nitrogens with one attached hydrogen (secondary N) is 1. The second-order valence-electron chi connectivity index (χ2n) is 7.92. The van der Waals surface area contributed by atoms with Crippen molar-refractivity contribution in [3.8, 4) is 0 Å². The SMILES string of the molecule is CCCCc1ccc(N2C(=O)C(Nc3ccc(I)cc3C)=C(Sc3ccccc3)C2=O)cc1. The van der Waals surface area contributed by atoms with Gasteiger partial charge in [0.25, 0.3) is 11.8 Å². The third-order valence-electron chi connectivity index (χ3n) is 5.47. The first-order valence-electron chi connectivity index (χ1n) is 11.0. The van der Waals surface area contributed by atoms with E-state index in [1.54, 1.807) is 0 Å². The molecule has 1 heterocycles. The molecule has 168 valence electrons. The van der Waals surface area contributed by atoms with E-state index in [0.29, 0.717) is 16.3 Å². The van der Waals surface area contributed by atoms with E-state index in [0.717, 1.165) is 39.0 Å². The molecule has 4 nitrogen and oxygen atoms in total. The molecule has 0 radical (unpaired) electrons. The van der Waals surface area contributed by atoms with Crippen LogP contribution in [0.1, 0.15) is 30.9 Å². The maximum absolute atomic E-state index is 13.5. The van der Waals surface area contributed by atoms with Crippen LogP contribution < -0.4 is 10.2 Å². The molecule has 3 aromatic carbocycles. The summed E-state index contributed by atoms with van der Waals surface area (Å²) >= 11 is 3.58. The van der Waals surface area contributed by atoms with Gasteiger partial charge in [0, 0.05) is 14.2 Å². The summed E-state index contributed by atoms with van der Waals surface area (Å²) in [5, 5.41) is 3.27. The maximum atomic E-state index is 13.5. The highest BCUT2D eigenvalue weighted by atomic mass is 127. The molecule has 6 heteroatoms. The van der Waals surface area contributed by atoms with Gasteiger partial charge in [0.2, 0.25) is 0 Å². The van der Waals surface area contributed by atoms with Crippen LogP contribution in [0.3, 0.4) is 0 Å². The Kier molecular flexibility index (Phi) is 7.55. The lowest BCUT2D eigenvalue weighted by Crippen LogP contribution is -2.32. The summed E-state index contributed by atoms with van der Waals surface area (Å²) < 4.78 is 1.11. The van der Waals surface area contributed by atoms with Gasteiger partial charge < -0.3 is 5.32 Å². The average molecular weight is 568 g/mol. The third kappa shape index (κ3) is 5.33. The molecule has 4 rings (SSSR count). The van der Waals surface area contributed by atoms with E-state index in [-0.39, 0.29) is 11.8 Å². The summed E-state index contributed by atoms with van der Waals surface area (Å²) in [6.45, 7) is 4.15. The van der Waals surface area contributed by atoms with Gasteiger partial charge in [0.05, 0.1) is 5.69 Å². The first-order valence-corrected chi connectivity index (χ1v) is 12.9. The molecule has 1 aliphatic heterocycles. The number of carbonyl (C=O) groups excluding carboxylic acids is 2. The number of aryl methyl sites for hydroxylation is 2. The molecular weight excluding hydrogens is 543 g/mol. The molecule has 0 spiro atoms. The Morgan fingerprint density at radius 2 is 1.67 bits per heavy atom. The molecule has 0 atom stereocenters. The quantitative estimate of drug-likeness (QED) is 0.237. The number of imide groups is 1. The lowest BCUT2D eigenvalue weighted by Gasteiger charge is -2.16. The summed E-state index contributed by atoms with van der Waals surface area (Å²) in [5.74, 6) is -0.640. The summed E-state index contributed by atoms with van der Waals surface area (Å²) in [4.78, 5) is 29.6. The molecule has 0 saturated heterocycles. The predicted octanol–water partition coefficient (Wildman–Crippen LogP) is 6.93. The van der Waals surface area contributed by atoms with Crippen molar-refractivity contribution >= 4 is 57.5 Å². The average Bonchev–Trinajstić information content (AvgIpc) is 3.04. The Hall–Kier alpha value is -2.58. The normalized spacial score (nSPS) is 13.7. The van der Waals surface area contributed by atoms with Crippen LogP contribution >= 0.6 is 34.4 Å². The van der Waals surface area contributed by atoms with Crippen molar-refractivity contribution in [2.24, 2.45) is 0 Å². The van der Waals surface area contributed by atoms with E-state index in [2.05, 4.69) is 34.8 Å². The summed E-state index contributed by atoms with van der Waals surface area (Å²) in [5.41, 5.74) is 3.94. The third-order valence-corrected chi connectivity index (χ3v) is 7.23. The number of hydrogen-bond donors (Lipinski definition) is 1. The van der Waals surface area contributed by atoms with E-state index in [1.807, 2.05) is 79.7 Å². The number of hydrogen-bond acceptors (Lipinski definition) is 4. The smallest absolute Gasteiger partial charge is 0.283 e. The van der Waals surface area contributed by atoms with Crippen molar-refractivity contribution in [1.29, 1.82) is 0 Å². The zero-order chi connectivity index (χ0) is 23.4. The molecule has 0 aliphatic carbocycles. The second-order valence-corrected chi connectivity index (χ2v) is 10.2. The molecule has 0 fully saturated rings. The molecule has 33 heavy (non-hydrogen) atoms. The summed E-state index contributed by atoms with van der Waals surface area (Å²) in [6.07, 6.45) is 3.23. The molecule has 0 bridgehead atoms. The fraction of sp³-hybridized carbons (Fsp3) is 0.185. The van der Waals surface area contributed by atoms with Crippen molar-refractivity contribution in [3.63, 3.8) is 0 Å². The molecule has 0 unspecified atom stereocenters. The van der Waals surface area contributed by atoms with Gasteiger partial charge >= 0.3 is 0 Å². The van der Waals surface area contributed by atoms with E-state index >= 15 is 0 Å². The summed E-state index contributed by atoms with van der Waals surface area (Å²) in [6, 6.07) is 23.4. The lowest BCUT2D eigenvalue weighted by molar-refractivity contribution is -0.120. The molecule has 2 amide bonds. The maximum Gasteiger partial charge on any atom is 0.283 e. The molecule has 3 aromatic rings. The van der Waals surface area contributed by atoms with Crippen LogP contribution in [0.2, 0.25) is 0 Å². The van der Waals surface area contributed by atoms with Gasteiger partial charge in [0.15, 0.2) is 0 Å². The molecule has 0 aromatic heterocycles. The van der Waals surface area contributed by atoms with Crippen molar-refractivity contribution < 1.29 is 9.59 Å². The number of carbonyl (C=O) groups is 2. The first-order chi connectivity index (χ1) is 16.0. The van der Waals surface area contributed by atoms with Gasteiger partial charge in [-0.25, -0.2) is 4.90 Å². The van der Waals surface area contributed by atoms with Gasteiger partial charge in [-0.1, -0.05) is 55.4 Å². The molecule has 1 aliphatic rings. The first kappa shape index (κ1) is 23.6. The molecule has 0 saturated carbocycles. The zero-order valence-electron chi connectivity index (χ0n) is 18.6. The Morgan fingerprint density at radius 3 is 2.33 bits per heavy atom. The zero-order valence-corrected chi connectivity index (χ0v) is 21.6. The Balaban J connectivity index is 1.69. The van der Waals surface area contributed by atoms with E-state index in [9.17, 15) is 9.59 Å². The van der Waals surface area contributed by atoms with Crippen molar-refractivity contribution in [2.75, 3.05) is 10.2 Å². The highest BCUT2D eigenvalue weighted by Gasteiger charge is 2.40. The van der Waals surface area contributed by atoms with Crippen LogP contribution in [0.25, 0.3) is 0 Å². The number of anilines is 2. The minimum absolute atomic E-state index is 0.305. The number of benzene rings is 3. The van der Waals surface area contributed by atoms with Crippen molar-refractivity contribution in [2.45, 2.75) is 38.0 Å². The Bertz CT molecular complexity index is 1210. The molecule has 1 N–H and O–H groups in total. The number of amides is 2. The minimum Gasteiger partial charge on any atom is -0.350 e. The van der Waals surface area contributed by atoms with Gasteiger partial charge in [-0.2, -0.15) is 0 Å². The Labute approximate surface area is 212 Å². The highest BCUT2D eigenvalue weighted by molar-refractivity contribution is 14.1. The number of nitrogens with zero attached hydrogens (tertiary/aromatic N) is 1. The minimum atomic E-state index is -0.335. The lowest BCUT2D eigenvalue weighted by atomic mass is 10.1. The fourth-order valence-electron chi connectivity index (χ4n) is 3.65. The van der Waals surface area contributed by atoms with E-state index < -0.39 is 0 Å². The molecular formula is C27H25IN2O2S. The van der Waals surface area contributed by atoms with Gasteiger partial charge in [0.1, 0.15) is 10.6 Å². The van der Waals surface area contributed by atoms with E-state index in [4.69, 9.17) is 0 Å². The van der Waals surface area contributed by atoms with E-state index in [1.165, 1.54) is 22.2 Å². The van der Waals surface area contributed by atoms with Crippen LogP contribution in [0.15, 0.2) is 88.3 Å². The van der Waals surface area contributed by atoms with Crippen molar-refractivity contribution in [3.05, 3.63) is 98.1 Å². The van der Waals surface area contributed by atoms with Gasteiger partial charge in [-0.3, -0.25) is 9.59 Å². The standard InChI is InChI=1S/C27H25IN2O2S/c1-3-4-8-19-11-14-21(15-12-19)30-26(31)24(29-23-16-13-20(28)17-18(23)2)25(27(30)32)33-22-9-6-5-7-10-22/h5-7,9-17,29H,3-4,8H2,1-2H3. The van der Waals surface area contributed by atoms with Gasteiger partial charge in [-0.05, 0) is 95.9 Å². The number of halogens is 1.